The highest BCUT2D eigenvalue weighted by Crippen LogP contribution is 2.43. The molecule has 3 rings (SSSR count). The minimum absolute atomic E-state index is 0.581. The predicted molar refractivity (Wildman–Crippen MR) is 103 cm³/mol. The van der Waals surface area contributed by atoms with Crippen molar-refractivity contribution in [3.8, 4) is 5.75 Å². The molecule has 2 aliphatic rings. The molecule has 0 radical (unpaired) electrons. The number of rotatable bonds is 2. The number of aryl methyl sites for hydroxylation is 1. The second-order valence-corrected chi connectivity index (χ2v) is 8.38. The summed E-state index contributed by atoms with van der Waals surface area (Å²) in [4.78, 5) is 0. The maximum absolute atomic E-state index is 11.1. The molecule has 0 aliphatic heterocycles. The van der Waals surface area contributed by atoms with Crippen molar-refractivity contribution in [1.29, 1.82) is 0 Å². The molecule has 0 amide bonds. The van der Waals surface area contributed by atoms with Gasteiger partial charge in [-0.2, -0.15) is 0 Å². The third-order valence-corrected chi connectivity index (χ3v) is 6.40. The molecule has 0 aromatic heterocycles. The number of aromatic hydroxyl groups is 1. The van der Waals surface area contributed by atoms with Gasteiger partial charge in [-0.05, 0) is 55.6 Å². The molecule has 1 aromatic rings. The highest BCUT2D eigenvalue weighted by atomic mass is 16.3. The van der Waals surface area contributed by atoms with Gasteiger partial charge in [-0.1, -0.05) is 81.9 Å². The van der Waals surface area contributed by atoms with Crippen molar-refractivity contribution in [3.63, 3.8) is 0 Å². The van der Waals surface area contributed by atoms with E-state index in [4.69, 9.17) is 0 Å². The van der Waals surface area contributed by atoms with Crippen molar-refractivity contribution in [3.05, 3.63) is 28.8 Å². The van der Waals surface area contributed by atoms with Crippen molar-refractivity contribution in [2.24, 2.45) is 0 Å². The van der Waals surface area contributed by atoms with Crippen molar-refractivity contribution in [2.45, 2.75) is 109 Å². The van der Waals surface area contributed by atoms with Crippen molar-refractivity contribution in [1.82, 2.24) is 0 Å². The predicted octanol–water partition coefficient (Wildman–Crippen LogP) is 7.36. The van der Waals surface area contributed by atoms with Crippen LogP contribution in [0, 0.1) is 6.92 Å². The van der Waals surface area contributed by atoms with E-state index in [0.29, 0.717) is 17.6 Å². The van der Waals surface area contributed by atoms with Crippen LogP contribution in [0.1, 0.15) is 118 Å². The minimum Gasteiger partial charge on any atom is -0.507 e. The Labute approximate surface area is 148 Å². The quantitative estimate of drug-likeness (QED) is 0.601. The number of phenolic OH excluding ortho intramolecular Hbond substituents is 1. The van der Waals surface area contributed by atoms with Gasteiger partial charge in [-0.15, -0.1) is 0 Å². The second-order valence-electron chi connectivity index (χ2n) is 8.38. The van der Waals surface area contributed by atoms with Crippen LogP contribution in [-0.2, 0) is 0 Å². The molecule has 0 unspecified atom stereocenters. The van der Waals surface area contributed by atoms with E-state index < -0.39 is 0 Å². The molecule has 0 saturated heterocycles. The monoisotopic (exact) mass is 328 g/mol. The van der Waals surface area contributed by atoms with Crippen LogP contribution >= 0.6 is 0 Å². The van der Waals surface area contributed by atoms with Crippen molar-refractivity contribution in [2.75, 3.05) is 0 Å². The largest absolute Gasteiger partial charge is 0.507 e. The zero-order valence-corrected chi connectivity index (χ0v) is 15.7. The van der Waals surface area contributed by atoms with Gasteiger partial charge in [0, 0.05) is 0 Å². The Kier molecular flexibility index (Phi) is 6.63. The average molecular weight is 329 g/mol. The lowest BCUT2D eigenvalue weighted by Gasteiger charge is -2.26. The topological polar surface area (TPSA) is 20.2 Å². The third-order valence-electron chi connectivity index (χ3n) is 6.40. The molecule has 1 nitrogen and oxygen atoms in total. The molecule has 1 N–H and O–H groups in total. The first-order chi connectivity index (χ1) is 11.8. The van der Waals surface area contributed by atoms with Crippen LogP contribution in [0.2, 0.25) is 0 Å². The van der Waals surface area contributed by atoms with Gasteiger partial charge in [0.1, 0.15) is 5.75 Å². The Balaban J connectivity index is 1.85. The lowest BCUT2D eigenvalue weighted by molar-refractivity contribution is 0.403. The first kappa shape index (κ1) is 17.8. The van der Waals surface area contributed by atoms with Crippen LogP contribution in [0.15, 0.2) is 12.1 Å². The summed E-state index contributed by atoms with van der Waals surface area (Å²) in [5, 5.41) is 11.1. The van der Waals surface area contributed by atoms with E-state index in [1.54, 1.807) is 0 Å². The average Bonchev–Trinajstić information content (AvgIpc) is 2.49. The number of hydrogen-bond acceptors (Lipinski definition) is 1. The lowest BCUT2D eigenvalue weighted by Crippen LogP contribution is -2.08. The molecule has 0 spiro atoms. The summed E-state index contributed by atoms with van der Waals surface area (Å²) >= 11 is 0. The zero-order chi connectivity index (χ0) is 16.8. The molecule has 1 heteroatoms. The van der Waals surface area contributed by atoms with Crippen molar-refractivity contribution < 1.29 is 5.11 Å². The van der Waals surface area contributed by atoms with Gasteiger partial charge < -0.3 is 5.11 Å². The van der Waals surface area contributed by atoms with Gasteiger partial charge in [0.25, 0.3) is 0 Å². The Hall–Kier alpha value is -0.980. The molecule has 0 atom stereocenters. The molecule has 2 saturated carbocycles. The molecule has 2 fully saturated rings. The van der Waals surface area contributed by atoms with E-state index in [2.05, 4.69) is 19.1 Å². The van der Waals surface area contributed by atoms with Gasteiger partial charge in [0.15, 0.2) is 0 Å². The fourth-order valence-corrected chi connectivity index (χ4v) is 4.99. The maximum Gasteiger partial charge on any atom is 0.122 e. The highest BCUT2D eigenvalue weighted by Gasteiger charge is 2.23. The molecule has 2 aliphatic carbocycles. The van der Waals surface area contributed by atoms with Crippen LogP contribution in [0.5, 0.6) is 5.75 Å². The molecule has 24 heavy (non-hydrogen) atoms. The van der Waals surface area contributed by atoms with Gasteiger partial charge in [0.2, 0.25) is 0 Å². The SMILES string of the molecule is Cc1cc(C2CCCCCCC2)c(O)c(C2CCCCCCC2)c1. The van der Waals surface area contributed by atoms with E-state index >= 15 is 0 Å². The van der Waals surface area contributed by atoms with Gasteiger partial charge in [-0.3, -0.25) is 0 Å². The Morgan fingerprint density at radius 2 is 0.958 bits per heavy atom. The van der Waals surface area contributed by atoms with E-state index in [-0.39, 0.29) is 0 Å². The summed E-state index contributed by atoms with van der Waals surface area (Å²) in [6.07, 6.45) is 18.7. The normalized spacial score (nSPS) is 22.4. The Morgan fingerprint density at radius 3 is 1.33 bits per heavy atom. The fraction of sp³-hybridized carbons (Fsp3) is 0.739. The van der Waals surface area contributed by atoms with E-state index in [1.165, 1.54) is 107 Å². The molecule has 1 aromatic carbocycles. The summed E-state index contributed by atoms with van der Waals surface area (Å²) in [6.45, 7) is 2.22. The Morgan fingerprint density at radius 1 is 0.625 bits per heavy atom. The maximum atomic E-state index is 11.1. The zero-order valence-electron chi connectivity index (χ0n) is 15.7. The van der Waals surface area contributed by atoms with Crippen molar-refractivity contribution >= 4 is 0 Å². The van der Waals surface area contributed by atoms with Crippen LogP contribution in [0.25, 0.3) is 0 Å². The van der Waals surface area contributed by atoms with E-state index in [9.17, 15) is 5.11 Å². The first-order valence-electron chi connectivity index (χ1n) is 10.6. The molecular formula is C23H36O. The van der Waals surface area contributed by atoms with Crippen LogP contribution in [0.3, 0.4) is 0 Å². The highest BCUT2D eigenvalue weighted by molar-refractivity contribution is 5.47. The minimum atomic E-state index is 0.581. The molecule has 0 bridgehead atoms. The first-order valence-corrected chi connectivity index (χ1v) is 10.6. The molecule has 134 valence electrons. The standard InChI is InChI=1S/C23H36O/c1-18-16-21(19-12-8-4-2-5-9-13-19)23(24)22(17-18)20-14-10-6-3-7-11-15-20/h16-17,19-20,24H,2-15H2,1H3. The summed E-state index contributed by atoms with van der Waals surface area (Å²) in [5.74, 6) is 1.83. The van der Waals surface area contributed by atoms with E-state index in [0.717, 1.165) is 0 Å². The lowest BCUT2D eigenvalue weighted by atomic mass is 9.80. The smallest absolute Gasteiger partial charge is 0.122 e. The van der Waals surface area contributed by atoms with Gasteiger partial charge in [0.05, 0.1) is 0 Å². The molecule has 0 heterocycles. The Bertz CT molecular complexity index is 460. The van der Waals surface area contributed by atoms with Gasteiger partial charge in [-0.25, -0.2) is 0 Å². The van der Waals surface area contributed by atoms with Gasteiger partial charge >= 0.3 is 0 Å². The summed E-state index contributed by atoms with van der Waals surface area (Å²) < 4.78 is 0. The molecular weight excluding hydrogens is 292 g/mol. The number of hydrogen-bond donors (Lipinski definition) is 1. The third kappa shape index (κ3) is 4.55. The summed E-state index contributed by atoms with van der Waals surface area (Å²) in [5.41, 5.74) is 3.89. The summed E-state index contributed by atoms with van der Waals surface area (Å²) in [6, 6.07) is 4.57. The van der Waals surface area contributed by atoms with Crippen LogP contribution < -0.4 is 0 Å². The second kappa shape index (κ2) is 8.92. The summed E-state index contributed by atoms with van der Waals surface area (Å²) in [7, 11) is 0. The number of phenols is 1. The van der Waals surface area contributed by atoms with E-state index in [1.807, 2.05) is 0 Å². The fourth-order valence-electron chi connectivity index (χ4n) is 4.99. The number of benzene rings is 1. The van der Waals surface area contributed by atoms with Crippen LogP contribution in [-0.4, -0.2) is 5.11 Å². The van der Waals surface area contributed by atoms with Crippen LogP contribution in [0.4, 0.5) is 0 Å².